The van der Waals surface area contributed by atoms with Gasteiger partial charge in [0.05, 0.1) is 11.1 Å². The van der Waals surface area contributed by atoms with Crippen molar-refractivity contribution in [3.63, 3.8) is 0 Å². The molecule has 0 aromatic carbocycles. The van der Waals surface area contributed by atoms with E-state index in [0.717, 1.165) is 12.8 Å². The zero-order valence-corrected chi connectivity index (χ0v) is 10.7. The third kappa shape index (κ3) is 3.89. The van der Waals surface area contributed by atoms with Gasteiger partial charge in [-0.25, -0.2) is 0 Å². The summed E-state index contributed by atoms with van der Waals surface area (Å²) in [6.45, 7) is 4.23. The van der Waals surface area contributed by atoms with Crippen molar-refractivity contribution in [3.8, 4) is 0 Å². The van der Waals surface area contributed by atoms with Gasteiger partial charge in [-0.1, -0.05) is 0 Å². The molecule has 0 fully saturated rings. The molecule has 0 bridgehead atoms. The van der Waals surface area contributed by atoms with Crippen LogP contribution in [0.3, 0.4) is 0 Å². The summed E-state index contributed by atoms with van der Waals surface area (Å²) >= 11 is 1.70. The van der Waals surface area contributed by atoms with E-state index in [0.29, 0.717) is 6.04 Å². The molecule has 0 radical (unpaired) electrons. The average molecular weight is 228 g/mol. The molecule has 86 valence electrons. The molecule has 0 amide bonds. The highest BCUT2D eigenvalue weighted by molar-refractivity contribution is 7.09. The first kappa shape index (κ1) is 12.6. The van der Waals surface area contributed by atoms with E-state index < -0.39 is 0 Å². The van der Waals surface area contributed by atoms with Crippen LogP contribution in [0.1, 0.15) is 37.6 Å². The highest BCUT2D eigenvalue weighted by atomic mass is 32.1. The summed E-state index contributed by atoms with van der Waals surface area (Å²) in [5.41, 5.74) is 1.83. The molecule has 1 atom stereocenters. The molecule has 1 rings (SSSR count). The first-order valence-corrected chi connectivity index (χ1v) is 6.08. The first-order chi connectivity index (χ1) is 7.09. The average Bonchev–Trinajstić information content (AvgIpc) is 2.72. The molecule has 1 heterocycles. The largest absolute Gasteiger partial charge is 0.379 e. The quantitative estimate of drug-likeness (QED) is 0.812. The van der Waals surface area contributed by atoms with Gasteiger partial charge < -0.3 is 10.1 Å². The van der Waals surface area contributed by atoms with E-state index in [1.165, 1.54) is 4.88 Å². The van der Waals surface area contributed by atoms with Crippen LogP contribution < -0.4 is 5.32 Å². The maximum Gasteiger partial charge on any atom is 0.0794 e. The van der Waals surface area contributed by atoms with Crippen LogP contribution >= 0.6 is 11.3 Å². The van der Waals surface area contributed by atoms with E-state index in [1.54, 1.807) is 18.4 Å². The van der Waals surface area contributed by atoms with Crippen LogP contribution in [-0.4, -0.2) is 24.7 Å². The maximum atomic E-state index is 5.41. The van der Waals surface area contributed by atoms with Crippen molar-refractivity contribution in [1.29, 1.82) is 0 Å². The van der Waals surface area contributed by atoms with Crippen LogP contribution in [0.4, 0.5) is 0 Å². The number of hydrogen-bond donors (Lipinski definition) is 1. The van der Waals surface area contributed by atoms with Gasteiger partial charge in [-0.2, -0.15) is 0 Å². The third-order valence-corrected chi connectivity index (χ3v) is 3.62. The summed E-state index contributed by atoms with van der Waals surface area (Å²) in [5, 5.41) is 3.32. The molecule has 0 saturated heterocycles. The lowest BCUT2D eigenvalue weighted by Crippen LogP contribution is -2.25. The molecular formula is C11H20N2OS. The molecule has 0 spiro atoms. The van der Waals surface area contributed by atoms with Crippen molar-refractivity contribution < 1.29 is 4.74 Å². The highest BCUT2D eigenvalue weighted by Crippen LogP contribution is 2.25. The van der Waals surface area contributed by atoms with Crippen molar-refractivity contribution in [2.75, 3.05) is 14.2 Å². The number of thiazole rings is 1. The number of aromatic nitrogens is 1. The Hall–Kier alpha value is -0.450. The second kappa shape index (κ2) is 5.58. The summed E-state index contributed by atoms with van der Waals surface area (Å²) in [7, 11) is 3.76. The van der Waals surface area contributed by atoms with E-state index >= 15 is 0 Å². The molecule has 1 unspecified atom stereocenters. The van der Waals surface area contributed by atoms with Crippen LogP contribution in [0, 0.1) is 0 Å². The minimum Gasteiger partial charge on any atom is -0.379 e. The van der Waals surface area contributed by atoms with E-state index in [2.05, 4.69) is 24.1 Å². The molecule has 4 heteroatoms. The predicted molar refractivity (Wildman–Crippen MR) is 64.2 cm³/mol. The Morgan fingerprint density at radius 3 is 2.80 bits per heavy atom. The van der Waals surface area contributed by atoms with E-state index in [4.69, 9.17) is 4.74 Å². The van der Waals surface area contributed by atoms with E-state index in [-0.39, 0.29) is 5.60 Å². The summed E-state index contributed by atoms with van der Waals surface area (Å²) in [6, 6.07) is 0.395. The molecule has 1 N–H and O–H groups in total. The van der Waals surface area contributed by atoms with Gasteiger partial charge in [-0.15, -0.1) is 11.3 Å². The van der Waals surface area contributed by atoms with Crippen molar-refractivity contribution >= 4 is 11.3 Å². The number of methoxy groups -OCH3 is 1. The van der Waals surface area contributed by atoms with Gasteiger partial charge in [0.2, 0.25) is 0 Å². The fourth-order valence-electron chi connectivity index (χ4n) is 1.42. The Morgan fingerprint density at radius 2 is 2.33 bits per heavy atom. The Morgan fingerprint density at radius 1 is 1.60 bits per heavy atom. The van der Waals surface area contributed by atoms with E-state index in [9.17, 15) is 0 Å². The van der Waals surface area contributed by atoms with Gasteiger partial charge in [0.15, 0.2) is 0 Å². The van der Waals surface area contributed by atoms with Crippen LogP contribution in [0.25, 0.3) is 0 Å². The second-order valence-electron chi connectivity index (χ2n) is 4.25. The van der Waals surface area contributed by atoms with Gasteiger partial charge in [-0.3, -0.25) is 4.98 Å². The Balaban J connectivity index is 2.49. The second-order valence-corrected chi connectivity index (χ2v) is 5.17. The molecule has 1 aromatic heterocycles. The molecular weight excluding hydrogens is 208 g/mol. The lowest BCUT2D eigenvalue weighted by atomic mass is 9.98. The SMILES string of the molecule is CNC(CCC(C)(C)OC)c1cncs1. The summed E-state index contributed by atoms with van der Waals surface area (Å²) in [5.74, 6) is 0. The van der Waals surface area contributed by atoms with E-state index in [1.807, 2.05) is 18.8 Å². The van der Waals surface area contributed by atoms with Gasteiger partial charge in [0.25, 0.3) is 0 Å². The van der Waals surface area contributed by atoms with Crippen molar-refractivity contribution in [1.82, 2.24) is 10.3 Å². The lowest BCUT2D eigenvalue weighted by molar-refractivity contribution is 0.0119. The Kier molecular flexibility index (Phi) is 4.70. The lowest BCUT2D eigenvalue weighted by Gasteiger charge is -2.25. The minimum absolute atomic E-state index is 0.0419. The van der Waals surface area contributed by atoms with Crippen molar-refractivity contribution in [2.45, 2.75) is 38.3 Å². The van der Waals surface area contributed by atoms with Crippen LogP contribution in [0.2, 0.25) is 0 Å². The number of nitrogens with one attached hydrogen (secondary N) is 1. The molecule has 15 heavy (non-hydrogen) atoms. The molecule has 0 aliphatic carbocycles. The number of ether oxygens (including phenoxy) is 1. The monoisotopic (exact) mass is 228 g/mol. The number of rotatable bonds is 6. The number of nitrogens with zero attached hydrogens (tertiary/aromatic N) is 1. The fourth-order valence-corrected chi connectivity index (χ4v) is 2.19. The van der Waals surface area contributed by atoms with Gasteiger partial charge >= 0.3 is 0 Å². The molecule has 0 saturated carbocycles. The minimum atomic E-state index is -0.0419. The Labute approximate surface area is 95.9 Å². The number of hydrogen-bond acceptors (Lipinski definition) is 4. The summed E-state index contributed by atoms with van der Waals surface area (Å²) in [4.78, 5) is 5.40. The van der Waals surface area contributed by atoms with Crippen LogP contribution in [0.15, 0.2) is 11.7 Å². The molecule has 0 aliphatic rings. The summed E-state index contributed by atoms with van der Waals surface area (Å²) < 4.78 is 5.41. The first-order valence-electron chi connectivity index (χ1n) is 5.20. The fraction of sp³-hybridized carbons (Fsp3) is 0.727. The van der Waals surface area contributed by atoms with Crippen molar-refractivity contribution in [2.24, 2.45) is 0 Å². The highest BCUT2D eigenvalue weighted by Gasteiger charge is 2.19. The zero-order chi connectivity index (χ0) is 11.3. The van der Waals surface area contributed by atoms with Gasteiger partial charge in [0, 0.05) is 24.2 Å². The normalized spacial score (nSPS) is 14.1. The van der Waals surface area contributed by atoms with Gasteiger partial charge in [-0.05, 0) is 33.7 Å². The van der Waals surface area contributed by atoms with Crippen molar-refractivity contribution in [3.05, 3.63) is 16.6 Å². The standard InChI is InChI=1S/C11H20N2OS/c1-11(2,14-4)6-5-9(12-3)10-7-13-8-15-10/h7-9,12H,5-6H2,1-4H3. The topological polar surface area (TPSA) is 34.1 Å². The Bertz CT molecular complexity index is 272. The molecule has 0 aliphatic heterocycles. The van der Waals surface area contributed by atoms with Gasteiger partial charge in [0.1, 0.15) is 0 Å². The maximum absolute atomic E-state index is 5.41. The zero-order valence-electron chi connectivity index (χ0n) is 9.91. The predicted octanol–water partition coefficient (Wildman–Crippen LogP) is 2.61. The summed E-state index contributed by atoms with van der Waals surface area (Å²) in [6.07, 6.45) is 4.04. The smallest absolute Gasteiger partial charge is 0.0794 e. The van der Waals surface area contributed by atoms with Crippen LogP contribution in [0.5, 0.6) is 0 Å². The molecule has 1 aromatic rings. The third-order valence-electron chi connectivity index (χ3n) is 2.73. The van der Waals surface area contributed by atoms with Crippen LogP contribution in [-0.2, 0) is 4.74 Å². The molecule has 3 nitrogen and oxygen atoms in total.